The van der Waals surface area contributed by atoms with Crippen molar-refractivity contribution < 1.29 is 4.79 Å². The molecular formula is C78H117N35O. The lowest BCUT2D eigenvalue weighted by Gasteiger charge is -2.08. The highest BCUT2D eigenvalue weighted by Gasteiger charge is 2.07. The molecule has 0 saturated carbocycles. The Morgan fingerprint density at radius 1 is 0.614 bits per heavy atom. The van der Waals surface area contributed by atoms with Crippen LogP contribution in [-0.2, 0) is 24.4 Å². The van der Waals surface area contributed by atoms with Gasteiger partial charge in [0.05, 0.1) is 48.5 Å². The molecule has 1 atom stereocenters. The predicted octanol–water partition coefficient (Wildman–Crippen LogP) is 10.2. The molecule has 0 aliphatic carbocycles. The van der Waals surface area contributed by atoms with E-state index >= 15 is 0 Å². The summed E-state index contributed by atoms with van der Waals surface area (Å²) in [4.78, 5) is 69.3. The van der Waals surface area contributed by atoms with E-state index in [0.29, 0.717) is 41.4 Å². The van der Waals surface area contributed by atoms with Gasteiger partial charge in [-0.25, -0.2) is 49.8 Å². The van der Waals surface area contributed by atoms with Crippen LogP contribution >= 0.6 is 0 Å². The lowest BCUT2D eigenvalue weighted by atomic mass is 10.1. The van der Waals surface area contributed by atoms with Crippen molar-refractivity contribution in [1.82, 2.24) is 86.0 Å². The number of anilines is 2. The molecule has 1 amide bonds. The van der Waals surface area contributed by atoms with Gasteiger partial charge in [-0.05, 0) is 180 Å². The first kappa shape index (κ1) is 102. The average Bonchev–Trinajstić information content (AvgIpc) is 1.13. The van der Waals surface area contributed by atoms with Crippen molar-refractivity contribution in [2.45, 2.75) is 142 Å². The highest BCUT2D eigenvalue weighted by atomic mass is 16.1. The number of aryl methyl sites for hydroxylation is 10. The number of aromatic nitrogens is 14. The van der Waals surface area contributed by atoms with Gasteiger partial charge < -0.3 is 87.1 Å². The molecule has 610 valence electrons. The number of carbonyl (C=O) groups is 1. The zero-order valence-corrected chi connectivity index (χ0v) is 68.1. The Bertz CT molecular complexity index is 4100. The molecule has 0 bridgehead atoms. The number of allylic oxidation sites excluding steroid dienone is 4. The predicted molar refractivity (Wildman–Crippen MR) is 463 cm³/mol. The summed E-state index contributed by atoms with van der Waals surface area (Å²) < 4.78 is 0. The van der Waals surface area contributed by atoms with Crippen molar-refractivity contribution >= 4 is 76.9 Å². The number of amidine groups is 3. The van der Waals surface area contributed by atoms with Crippen molar-refractivity contribution in [2.24, 2.45) is 53.4 Å². The van der Waals surface area contributed by atoms with E-state index in [1.807, 2.05) is 74.6 Å². The molecule has 24 N–H and O–H groups in total. The van der Waals surface area contributed by atoms with E-state index < -0.39 is 5.91 Å². The number of hydrogen-bond donors (Lipinski definition) is 18. The van der Waals surface area contributed by atoms with Crippen LogP contribution in [0.3, 0.4) is 0 Å². The number of H-pyrrole nitrogens is 3. The number of aromatic amines is 3. The van der Waals surface area contributed by atoms with Crippen LogP contribution in [0.2, 0.25) is 0 Å². The summed E-state index contributed by atoms with van der Waals surface area (Å²) in [6.45, 7) is 33.2. The van der Waals surface area contributed by atoms with Crippen molar-refractivity contribution in [3.63, 3.8) is 0 Å². The molecule has 0 fully saturated rings. The van der Waals surface area contributed by atoms with Crippen LogP contribution in [0.15, 0.2) is 202 Å². The first-order valence-corrected chi connectivity index (χ1v) is 35.4. The number of nitrogen functional groups attached to an aromatic ring is 2. The van der Waals surface area contributed by atoms with Crippen molar-refractivity contribution in [2.75, 3.05) is 31.1 Å². The van der Waals surface area contributed by atoms with Gasteiger partial charge in [0.25, 0.3) is 0 Å². The minimum Gasteiger partial charge on any atom is -0.396 e. The normalized spacial score (nSPS) is 11.7. The SMILES string of the molecule is CC(=N)/C=C\C(=N)N.CC(=N)/C=C\C(N)=O.CC(=N)/C=C\C=N.CC(=N)N=NN.CC1C=NC=N1.Cc1ccccc1CNC1=NCCC1.Cc1ccccc1CNC1=NCCN1.Cc1ccnnc1.Cc1cnc(N)[nH]1.Cc1cnc[nH]1.Cc1cncnc1C.Cc1ncc[nH]1.Cc1ncncc1CN.Cc1ncncc1N. The monoisotopic (exact) mass is 1560 g/mol. The summed E-state index contributed by atoms with van der Waals surface area (Å²) in [5, 5.41) is 63.2. The van der Waals surface area contributed by atoms with Gasteiger partial charge in [0, 0.05) is 147 Å². The van der Waals surface area contributed by atoms with Gasteiger partial charge >= 0.3 is 0 Å². The maximum Gasteiger partial charge on any atom is 0.241 e. The van der Waals surface area contributed by atoms with Crippen LogP contribution in [0.5, 0.6) is 0 Å². The molecule has 3 aliphatic heterocycles. The van der Waals surface area contributed by atoms with E-state index in [9.17, 15) is 4.79 Å². The first-order valence-electron chi connectivity index (χ1n) is 35.4. The number of nitrogens with one attached hydrogen (secondary N) is 12. The number of hydrogen-bond acceptors (Lipinski definition) is 29. The van der Waals surface area contributed by atoms with Crippen LogP contribution in [0.25, 0.3) is 0 Å². The molecular weight excluding hydrogens is 1440 g/mol. The second-order valence-electron chi connectivity index (χ2n) is 23.8. The Balaban J connectivity index is 0. The number of amides is 1. The largest absolute Gasteiger partial charge is 0.396 e. The van der Waals surface area contributed by atoms with Crippen LogP contribution < -0.4 is 50.5 Å². The number of rotatable bonds is 11. The van der Waals surface area contributed by atoms with Crippen LogP contribution in [0.4, 0.5) is 11.6 Å². The molecule has 9 aromatic rings. The Morgan fingerprint density at radius 3 is 1.50 bits per heavy atom. The number of carbonyl (C=O) groups excluding carboxylic acids is 1. The zero-order chi connectivity index (χ0) is 85.7. The average molecular weight is 1560 g/mol. The standard InChI is InChI=1S/C12H16N2.C11H15N3.C6H9N3.C6H8N2.C5H7N3.C5H9N3.C5H8N2O.C5H6N2.C5H8N2.C4H7N3.3C4H6N2.C2H6N4/c1-10-5-2-3-6-11(10)9-14-12-7-4-8-13-12;1-9-4-2-3-5-10(9)8-14-11-12-6-7-13-11;1-5-6(2-7)3-8-4-9-5;1-5-3-7-4-8-6(5)2;1-4-5(6)2-7-3-8-4;2*1-4(6)2-3-5(7)8;1-5-2-3-6-7-4-5;1-5(7)3-2-4-6;1-3-2-6-4(5)7-3;2*1-4-2-5-3-6-4;1-4-5-2-3-6-4;1-2(3)5-6-4/h2-3,5-6H,4,7-9H2,1H3,(H,13,14);2-5H,6-8H2,1H3,(H2,12,13,14);3-4H,2,7H2,1H3;3-4H,1-2H3;2-3H,6H2,1H3;2-3,6H,1H3,(H3,7,8);2-3,6H,1H3,(H2,7,8);2-4H,1H3;2-4,6-7H,1H3;2H,1H3,(H3,5,6,7);2-3H,1H3,(H,5,6);2-4H,1H3;2-3H,1H3,(H,5,6);1H3,(H3,3,4,5)/b;;;;;2*3-2-,6-4?;;3-2-,6-4?,7-5?;;;;;. The quantitative estimate of drug-likeness (QED) is 0.0143. The maximum absolute atomic E-state index is 9.94. The summed E-state index contributed by atoms with van der Waals surface area (Å²) in [5.41, 5.74) is 41.1. The molecule has 7 aromatic heterocycles. The Labute approximate surface area is 669 Å². The number of guanidine groups is 1. The lowest BCUT2D eigenvalue weighted by Crippen LogP contribution is -2.33. The second kappa shape index (κ2) is 66.0. The molecule has 3 aliphatic rings. The van der Waals surface area contributed by atoms with E-state index in [-0.39, 0.29) is 11.7 Å². The van der Waals surface area contributed by atoms with Crippen molar-refractivity contribution in [3.8, 4) is 0 Å². The Hall–Kier alpha value is -14.1. The van der Waals surface area contributed by atoms with E-state index in [1.54, 1.807) is 102 Å². The topological polar surface area (TPSA) is 616 Å². The third-order valence-electron chi connectivity index (χ3n) is 13.4. The number of nitrogens with two attached hydrogens (primary N) is 6. The summed E-state index contributed by atoms with van der Waals surface area (Å²) in [6.07, 6.45) is 37.0. The third-order valence-corrected chi connectivity index (χ3v) is 13.4. The highest BCUT2D eigenvalue weighted by Crippen LogP contribution is 2.09. The Kier molecular flexibility index (Phi) is 59.0. The minimum absolute atomic E-state index is 0.0170. The maximum atomic E-state index is 9.94. The van der Waals surface area contributed by atoms with Gasteiger partial charge in [-0.2, -0.15) is 10.2 Å². The molecule has 0 saturated heterocycles. The van der Waals surface area contributed by atoms with Crippen LogP contribution in [0.1, 0.15) is 121 Å². The van der Waals surface area contributed by atoms with Gasteiger partial charge in [-0.1, -0.05) is 53.8 Å². The summed E-state index contributed by atoms with van der Waals surface area (Å²) in [6, 6.07) is 19.1. The van der Waals surface area contributed by atoms with Crippen molar-refractivity contribution in [3.05, 3.63) is 245 Å². The molecule has 36 heteroatoms. The van der Waals surface area contributed by atoms with Gasteiger partial charge in [0.15, 0.2) is 11.9 Å². The van der Waals surface area contributed by atoms with Crippen LogP contribution in [0, 0.1) is 102 Å². The minimum atomic E-state index is -0.517. The third kappa shape index (κ3) is 61.9. The van der Waals surface area contributed by atoms with E-state index in [0.717, 1.165) is 108 Å². The van der Waals surface area contributed by atoms with Gasteiger partial charge in [0.2, 0.25) is 5.91 Å². The summed E-state index contributed by atoms with van der Waals surface area (Å²) >= 11 is 0. The summed E-state index contributed by atoms with van der Waals surface area (Å²) in [5.74, 6) is 7.69. The first-order chi connectivity index (χ1) is 54.3. The Morgan fingerprint density at radius 2 is 1.22 bits per heavy atom. The van der Waals surface area contributed by atoms with Crippen molar-refractivity contribution in [1.29, 1.82) is 32.5 Å². The smallest absolute Gasteiger partial charge is 0.241 e. The number of aliphatic imine (C=N–C) groups is 4. The van der Waals surface area contributed by atoms with Gasteiger partial charge in [-0.15, -0.1) is 5.11 Å². The molecule has 0 spiro atoms. The lowest BCUT2D eigenvalue weighted by molar-refractivity contribution is -0.113. The highest BCUT2D eigenvalue weighted by molar-refractivity contribution is 5.98. The number of benzene rings is 2. The number of imidazole rings is 3. The molecule has 2 aromatic carbocycles. The summed E-state index contributed by atoms with van der Waals surface area (Å²) in [7, 11) is 0. The molecule has 36 nitrogen and oxygen atoms in total. The fourth-order valence-corrected chi connectivity index (χ4v) is 7.18. The fraction of sp³-hybridized carbons (Fsp3) is 0.308. The molecule has 114 heavy (non-hydrogen) atoms. The fourth-order valence-electron chi connectivity index (χ4n) is 7.18. The van der Waals surface area contributed by atoms with E-state index in [4.69, 9.17) is 61.1 Å². The number of nitrogens with zero attached hydrogens (tertiary/aromatic N) is 17. The molecule has 10 heterocycles. The molecule has 0 radical (unpaired) electrons. The van der Waals surface area contributed by atoms with Crippen LogP contribution in [-0.4, -0.2) is 161 Å². The second-order valence-corrected chi connectivity index (χ2v) is 23.8. The van der Waals surface area contributed by atoms with E-state index in [2.05, 4.69) is 184 Å². The zero-order valence-electron chi connectivity index (χ0n) is 68.1. The number of primary amides is 1. The van der Waals surface area contributed by atoms with Gasteiger partial charge in [-0.3, -0.25) is 30.6 Å². The van der Waals surface area contributed by atoms with Gasteiger partial charge in [0.1, 0.15) is 42.8 Å². The molecule has 12 rings (SSSR count). The molecule has 1 unspecified atom stereocenters. The van der Waals surface area contributed by atoms with E-state index in [1.165, 1.54) is 78.4 Å².